The Balaban J connectivity index is 1.51. The summed E-state index contributed by atoms with van der Waals surface area (Å²) in [7, 11) is 0. The summed E-state index contributed by atoms with van der Waals surface area (Å²) in [6, 6.07) is 27.8. The summed E-state index contributed by atoms with van der Waals surface area (Å²) < 4.78 is 48.7. The number of halogens is 3. The molecule has 0 saturated carbocycles. The fourth-order valence-corrected chi connectivity index (χ4v) is 4.41. The number of fused-ring (bicyclic) bond motifs is 1. The average molecular weight is 546 g/mol. The molecular formula is C31H26F3N3O3. The van der Waals surface area contributed by atoms with Crippen LogP contribution in [-0.2, 0) is 17.5 Å². The van der Waals surface area contributed by atoms with Gasteiger partial charge < -0.3 is 15.2 Å². The number of aromatic nitrogens is 2. The minimum absolute atomic E-state index is 0.0980. The molecule has 0 radical (unpaired) electrons. The van der Waals surface area contributed by atoms with Gasteiger partial charge in [0.2, 0.25) is 0 Å². The van der Waals surface area contributed by atoms with Crippen LogP contribution in [0.5, 0.6) is 5.75 Å². The molecule has 0 atom stereocenters. The van der Waals surface area contributed by atoms with E-state index >= 15 is 0 Å². The zero-order valence-corrected chi connectivity index (χ0v) is 21.7. The lowest BCUT2D eigenvalue weighted by Crippen LogP contribution is -2.37. The third kappa shape index (κ3) is 5.63. The summed E-state index contributed by atoms with van der Waals surface area (Å²) in [4.78, 5) is 11.3. The molecule has 2 N–H and O–H groups in total. The maximum absolute atomic E-state index is 13.9. The van der Waals surface area contributed by atoms with Gasteiger partial charge in [-0.15, -0.1) is 0 Å². The quantitative estimate of drug-likeness (QED) is 0.208. The molecule has 5 rings (SSSR count). The van der Waals surface area contributed by atoms with Gasteiger partial charge in [-0.1, -0.05) is 54.6 Å². The Kier molecular flexibility index (Phi) is 6.97. The van der Waals surface area contributed by atoms with E-state index < -0.39 is 23.3 Å². The number of carboxylic acids is 1. The van der Waals surface area contributed by atoms with Crippen molar-refractivity contribution in [1.82, 2.24) is 9.78 Å². The van der Waals surface area contributed by atoms with Gasteiger partial charge in [-0.2, -0.15) is 18.3 Å². The van der Waals surface area contributed by atoms with Gasteiger partial charge in [0.25, 0.3) is 0 Å². The van der Waals surface area contributed by atoms with Crippen molar-refractivity contribution >= 4 is 28.2 Å². The van der Waals surface area contributed by atoms with Crippen LogP contribution in [0.25, 0.3) is 22.2 Å². The number of ether oxygens (including phenoxy) is 1. The number of anilines is 2. The molecule has 0 aliphatic carbocycles. The first-order chi connectivity index (χ1) is 19.0. The number of hydrogen-bond acceptors (Lipinski definition) is 4. The summed E-state index contributed by atoms with van der Waals surface area (Å²) in [5.41, 5.74) is 1.37. The van der Waals surface area contributed by atoms with Crippen molar-refractivity contribution in [2.75, 3.05) is 5.32 Å². The van der Waals surface area contributed by atoms with E-state index in [1.54, 1.807) is 35.0 Å². The van der Waals surface area contributed by atoms with E-state index in [9.17, 15) is 23.1 Å². The predicted octanol–water partition coefficient (Wildman–Crippen LogP) is 7.76. The molecule has 0 amide bonds. The molecule has 0 aliphatic rings. The van der Waals surface area contributed by atoms with Gasteiger partial charge in [-0.05, 0) is 61.9 Å². The number of carbonyl (C=O) groups is 1. The molecule has 0 spiro atoms. The summed E-state index contributed by atoms with van der Waals surface area (Å²) >= 11 is 0. The van der Waals surface area contributed by atoms with Crippen molar-refractivity contribution < 1.29 is 27.8 Å². The largest absolute Gasteiger partial charge is 0.478 e. The summed E-state index contributed by atoms with van der Waals surface area (Å²) in [6.45, 7) is 3.24. The van der Waals surface area contributed by atoms with Crippen molar-refractivity contribution in [3.63, 3.8) is 0 Å². The lowest BCUT2D eigenvalue weighted by Gasteiger charge is -2.21. The maximum Gasteiger partial charge on any atom is 0.418 e. The Morgan fingerprint density at radius 2 is 1.60 bits per heavy atom. The molecular weight excluding hydrogens is 519 g/mol. The lowest BCUT2D eigenvalue weighted by atomic mass is 10.0. The molecule has 9 heteroatoms. The Labute approximate surface area is 228 Å². The summed E-state index contributed by atoms with van der Waals surface area (Å²) in [5.74, 6) is -0.670. The first-order valence-electron chi connectivity index (χ1n) is 12.5. The second-order valence-corrected chi connectivity index (χ2v) is 9.84. The molecule has 5 aromatic rings. The molecule has 1 aromatic heterocycles. The second kappa shape index (κ2) is 10.4. The van der Waals surface area contributed by atoms with E-state index in [1.165, 1.54) is 19.9 Å². The normalized spacial score (nSPS) is 11.9. The van der Waals surface area contributed by atoms with E-state index in [0.717, 1.165) is 17.3 Å². The van der Waals surface area contributed by atoms with Crippen LogP contribution < -0.4 is 10.1 Å². The molecule has 0 unspecified atom stereocenters. The van der Waals surface area contributed by atoms with Crippen LogP contribution in [0.2, 0.25) is 0 Å². The van der Waals surface area contributed by atoms with Crippen molar-refractivity contribution in [2.45, 2.75) is 32.2 Å². The minimum atomic E-state index is -4.54. The maximum atomic E-state index is 13.9. The Hall–Kier alpha value is -4.79. The van der Waals surface area contributed by atoms with E-state index in [1.807, 2.05) is 54.6 Å². The fraction of sp³-hybridized carbons (Fsp3) is 0.161. The van der Waals surface area contributed by atoms with Crippen molar-refractivity contribution in [2.24, 2.45) is 0 Å². The SMILES string of the molecule is CC(C)(Oc1ccc(Nc2cccc(-c3c4cccc(C(F)(F)F)c4nn3Cc3ccccc3)c2)cc1)C(=O)O. The third-order valence-electron chi connectivity index (χ3n) is 6.42. The number of nitrogens with one attached hydrogen (secondary N) is 1. The number of carboxylic acid groups (broad SMARTS) is 1. The molecule has 6 nitrogen and oxygen atoms in total. The van der Waals surface area contributed by atoms with Crippen LogP contribution in [0.15, 0.2) is 97.1 Å². The number of alkyl halides is 3. The summed E-state index contributed by atoms with van der Waals surface area (Å²) in [5, 5.41) is 17.4. The first kappa shape index (κ1) is 26.8. The zero-order valence-electron chi connectivity index (χ0n) is 21.7. The van der Waals surface area contributed by atoms with Gasteiger partial charge in [0.15, 0.2) is 5.60 Å². The summed E-state index contributed by atoms with van der Waals surface area (Å²) in [6.07, 6.45) is -4.54. The Morgan fingerprint density at radius 3 is 2.27 bits per heavy atom. The van der Waals surface area contributed by atoms with Crippen LogP contribution in [0.1, 0.15) is 25.0 Å². The number of rotatable bonds is 8. The van der Waals surface area contributed by atoms with E-state index in [-0.39, 0.29) is 5.52 Å². The van der Waals surface area contributed by atoms with Crippen LogP contribution in [-0.4, -0.2) is 26.5 Å². The molecule has 4 aromatic carbocycles. The smallest absolute Gasteiger partial charge is 0.418 e. The topological polar surface area (TPSA) is 76.4 Å². The lowest BCUT2D eigenvalue weighted by molar-refractivity contribution is -0.152. The number of aliphatic carboxylic acids is 1. The fourth-order valence-electron chi connectivity index (χ4n) is 4.41. The van der Waals surface area contributed by atoms with Gasteiger partial charge in [-0.25, -0.2) is 4.79 Å². The van der Waals surface area contributed by atoms with Crippen LogP contribution in [0.4, 0.5) is 24.5 Å². The van der Waals surface area contributed by atoms with Gasteiger partial charge >= 0.3 is 12.1 Å². The van der Waals surface area contributed by atoms with Crippen LogP contribution >= 0.6 is 0 Å². The Morgan fingerprint density at radius 1 is 0.900 bits per heavy atom. The first-order valence-corrected chi connectivity index (χ1v) is 12.5. The van der Waals surface area contributed by atoms with Crippen LogP contribution in [0.3, 0.4) is 0 Å². The molecule has 1 heterocycles. The van der Waals surface area contributed by atoms with Gasteiger partial charge in [0.1, 0.15) is 11.3 Å². The number of hydrogen-bond donors (Lipinski definition) is 2. The van der Waals surface area contributed by atoms with E-state index in [4.69, 9.17) is 4.74 Å². The average Bonchev–Trinajstić information content (AvgIpc) is 3.27. The van der Waals surface area contributed by atoms with E-state index in [2.05, 4.69) is 10.4 Å². The van der Waals surface area contributed by atoms with Gasteiger partial charge in [0.05, 0.1) is 17.8 Å². The molecule has 40 heavy (non-hydrogen) atoms. The predicted molar refractivity (Wildman–Crippen MR) is 148 cm³/mol. The standard InChI is InChI=1S/C31H26F3N3O3/c1-30(2,29(38)39)40-24-16-14-22(15-17-24)35-23-11-6-10-21(18-23)28-25-12-7-13-26(31(32,33)34)27(25)36-37(28)19-20-8-4-3-5-9-20/h3-18,35H,19H2,1-2H3,(H,38,39). The van der Waals surface area contributed by atoms with Crippen molar-refractivity contribution in [3.05, 3.63) is 108 Å². The molecule has 204 valence electrons. The van der Waals surface area contributed by atoms with Crippen LogP contribution in [0, 0.1) is 0 Å². The highest BCUT2D eigenvalue weighted by Crippen LogP contribution is 2.39. The van der Waals surface area contributed by atoms with Crippen molar-refractivity contribution in [1.29, 1.82) is 0 Å². The highest BCUT2D eigenvalue weighted by Gasteiger charge is 2.34. The molecule has 0 bridgehead atoms. The molecule has 0 aliphatic heterocycles. The highest BCUT2D eigenvalue weighted by atomic mass is 19.4. The van der Waals surface area contributed by atoms with Gasteiger partial charge in [0, 0.05) is 22.3 Å². The zero-order chi connectivity index (χ0) is 28.5. The highest BCUT2D eigenvalue weighted by molar-refractivity contribution is 5.96. The molecule has 0 saturated heterocycles. The second-order valence-electron chi connectivity index (χ2n) is 9.84. The number of nitrogens with zero attached hydrogens (tertiary/aromatic N) is 2. The molecule has 0 fully saturated rings. The number of benzene rings is 4. The Bertz CT molecular complexity index is 1660. The van der Waals surface area contributed by atoms with Crippen molar-refractivity contribution in [3.8, 4) is 17.0 Å². The van der Waals surface area contributed by atoms with E-state index in [0.29, 0.717) is 34.6 Å². The monoisotopic (exact) mass is 545 g/mol. The third-order valence-corrected chi connectivity index (χ3v) is 6.42. The van der Waals surface area contributed by atoms with Gasteiger partial charge in [-0.3, -0.25) is 4.68 Å². The minimum Gasteiger partial charge on any atom is -0.478 e.